The third kappa shape index (κ3) is 2.50. The number of nitrogens with one attached hydrogen (secondary N) is 1. The van der Waals surface area contributed by atoms with E-state index in [0.717, 1.165) is 0 Å². The van der Waals surface area contributed by atoms with Gasteiger partial charge in [-0.05, 0) is 18.2 Å². The predicted molar refractivity (Wildman–Crippen MR) is 88.9 cm³/mol. The predicted octanol–water partition coefficient (Wildman–Crippen LogP) is 1.35. The van der Waals surface area contributed by atoms with Crippen molar-refractivity contribution < 1.29 is 9.47 Å². The zero-order chi connectivity index (χ0) is 17.4. The number of aromatic amines is 1. The number of aromatic nitrogens is 4. The van der Waals surface area contributed by atoms with Crippen LogP contribution in [0.25, 0.3) is 22.4 Å². The lowest BCUT2D eigenvalue weighted by Gasteiger charge is -2.11. The summed E-state index contributed by atoms with van der Waals surface area (Å²) in [6.45, 7) is 0. The topological polar surface area (TPSA) is 99.1 Å². The Kier molecular flexibility index (Phi) is 3.98. The van der Waals surface area contributed by atoms with Crippen LogP contribution in [-0.4, -0.2) is 33.7 Å². The van der Waals surface area contributed by atoms with E-state index in [-0.39, 0.29) is 16.3 Å². The fourth-order valence-corrected chi connectivity index (χ4v) is 2.53. The number of ether oxygens (including phenoxy) is 2. The highest BCUT2D eigenvalue weighted by molar-refractivity contribution is 6.32. The van der Waals surface area contributed by atoms with Crippen molar-refractivity contribution in [2.75, 3.05) is 14.2 Å². The molecule has 8 nitrogen and oxygen atoms in total. The van der Waals surface area contributed by atoms with E-state index >= 15 is 0 Å². The van der Waals surface area contributed by atoms with Crippen LogP contribution < -0.4 is 20.7 Å². The summed E-state index contributed by atoms with van der Waals surface area (Å²) in [5.74, 6) is 1.04. The largest absolute Gasteiger partial charge is 0.493 e. The number of aryl methyl sites for hydroxylation is 1. The smallest absolute Gasteiger partial charge is 0.329 e. The van der Waals surface area contributed by atoms with Crippen LogP contribution in [0.4, 0.5) is 0 Å². The van der Waals surface area contributed by atoms with Crippen LogP contribution in [-0.2, 0) is 7.05 Å². The molecule has 0 saturated heterocycles. The van der Waals surface area contributed by atoms with Crippen LogP contribution in [0.15, 0.2) is 27.8 Å². The minimum absolute atomic E-state index is 0.0197. The van der Waals surface area contributed by atoms with Crippen molar-refractivity contribution in [3.05, 3.63) is 44.2 Å². The molecule has 3 aromatic rings. The highest BCUT2D eigenvalue weighted by Crippen LogP contribution is 2.33. The number of methoxy groups -OCH3 is 2. The van der Waals surface area contributed by atoms with Gasteiger partial charge in [-0.1, -0.05) is 11.6 Å². The molecule has 0 aliphatic rings. The molecule has 0 fully saturated rings. The average Bonchev–Trinajstić information content (AvgIpc) is 2.58. The zero-order valence-electron chi connectivity index (χ0n) is 13.1. The van der Waals surface area contributed by atoms with E-state index in [4.69, 9.17) is 21.1 Å². The van der Waals surface area contributed by atoms with Gasteiger partial charge in [0.25, 0.3) is 5.56 Å². The second kappa shape index (κ2) is 5.97. The highest BCUT2D eigenvalue weighted by Gasteiger charge is 2.16. The number of nitrogens with zero attached hydrogens (tertiary/aromatic N) is 3. The Balaban J connectivity index is 2.30. The van der Waals surface area contributed by atoms with Gasteiger partial charge < -0.3 is 9.47 Å². The van der Waals surface area contributed by atoms with Crippen LogP contribution in [0.2, 0.25) is 5.15 Å². The van der Waals surface area contributed by atoms with E-state index in [1.807, 2.05) is 0 Å². The van der Waals surface area contributed by atoms with Gasteiger partial charge >= 0.3 is 5.69 Å². The van der Waals surface area contributed by atoms with Crippen LogP contribution in [0, 0.1) is 0 Å². The molecule has 0 aliphatic heterocycles. The van der Waals surface area contributed by atoms with Crippen molar-refractivity contribution in [1.82, 2.24) is 19.5 Å². The number of benzene rings is 1. The molecule has 2 heterocycles. The van der Waals surface area contributed by atoms with Crippen LogP contribution in [0.3, 0.4) is 0 Å². The monoisotopic (exact) mass is 348 g/mol. The van der Waals surface area contributed by atoms with E-state index in [9.17, 15) is 9.59 Å². The summed E-state index contributed by atoms with van der Waals surface area (Å²) in [4.78, 5) is 34.3. The molecule has 0 bridgehead atoms. The maximum Gasteiger partial charge on any atom is 0.329 e. The van der Waals surface area contributed by atoms with Gasteiger partial charge in [0, 0.05) is 12.6 Å². The second-order valence-corrected chi connectivity index (χ2v) is 5.28. The molecule has 0 atom stereocenters. The third-order valence-corrected chi connectivity index (χ3v) is 3.81. The van der Waals surface area contributed by atoms with Crippen molar-refractivity contribution in [1.29, 1.82) is 0 Å². The second-order valence-electron chi connectivity index (χ2n) is 4.92. The van der Waals surface area contributed by atoms with Crippen LogP contribution >= 0.6 is 11.6 Å². The Morgan fingerprint density at radius 3 is 2.50 bits per heavy atom. The van der Waals surface area contributed by atoms with Crippen molar-refractivity contribution in [3.63, 3.8) is 0 Å². The summed E-state index contributed by atoms with van der Waals surface area (Å²) in [6, 6.07) is 5.09. The Hall–Kier alpha value is -2.87. The Morgan fingerprint density at radius 1 is 1.12 bits per heavy atom. The summed E-state index contributed by atoms with van der Waals surface area (Å²) in [6.07, 6.45) is 0. The minimum atomic E-state index is -0.626. The molecular formula is C15H13ClN4O4. The van der Waals surface area contributed by atoms with Gasteiger partial charge in [-0.25, -0.2) is 14.8 Å². The van der Waals surface area contributed by atoms with E-state index in [1.165, 1.54) is 25.8 Å². The molecule has 1 N–H and O–H groups in total. The fourth-order valence-electron chi connectivity index (χ4n) is 2.30. The highest BCUT2D eigenvalue weighted by atomic mass is 35.5. The van der Waals surface area contributed by atoms with Crippen LogP contribution in [0.5, 0.6) is 11.5 Å². The van der Waals surface area contributed by atoms with Gasteiger partial charge in [-0.15, -0.1) is 0 Å². The van der Waals surface area contributed by atoms with Gasteiger partial charge in [0.05, 0.1) is 14.2 Å². The van der Waals surface area contributed by atoms with Crippen molar-refractivity contribution in [3.8, 4) is 22.8 Å². The van der Waals surface area contributed by atoms with Gasteiger partial charge in [-0.2, -0.15) is 0 Å². The molecule has 0 radical (unpaired) electrons. The molecule has 0 amide bonds. The molecule has 24 heavy (non-hydrogen) atoms. The van der Waals surface area contributed by atoms with E-state index in [0.29, 0.717) is 22.8 Å². The van der Waals surface area contributed by atoms with Gasteiger partial charge in [0.15, 0.2) is 27.8 Å². The first-order chi connectivity index (χ1) is 11.5. The minimum Gasteiger partial charge on any atom is -0.493 e. The summed E-state index contributed by atoms with van der Waals surface area (Å²) in [5.41, 5.74) is -0.186. The molecule has 3 rings (SSSR count). The lowest BCUT2D eigenvalue weighted by atomic mass is 10.1. The number of H-pyrrole nitrogens is 1. The number of halogens is 1. The fraction of sp³-hybridized carbons (Fsp3) is 0.200. The number of hydrogen-bond donors (Lipinski definition) is 1. The lowest BCUT2D eigenvalue weighted by molar-refractivity contribution is 0.355. The molecule has 0 saturated carbocycles. The normalized spacial score (nSPS) is 10.8. The number of rotatable bonds is 3. The van der Waals surface area contributed by atoms with Crippen molar-refractivity contribution >= 4 is 22.8 Å². The van der Waals surface area contributed by atoms with Gasteiger partial charge in [-0.3, -0.25) is 14.3 Å². The first kappa shape index (κ1) is 16.0. The Morgan fingerprint density at radius 2 is 1.83 bits per heavy atom. The van der Waals surface area contributed by atoms with Crippen molar-refractivity contribution in [2.24, 2.45) is 7.05 Å². The third-order valence-electron chi connectivity index (χ3n) is 3.55. The maximum absolute atomic E-state index is 12.0. The first-order valence-corrected chi connectivity index (χ1v) is 7.23. The van der Waals surface area contributed by atoms with Gasteiger partial charge in [0.2, 0.25) is 0 Å². The van der Waals surface area contributed by atoms with Crippen LogP contribution in [0.1, 0.15) is 0 Å². The molecule has 9 heteroatoms. The Bertz CT molecular complexity index is 1060. The SMILES string of the molecule is COc1ccc(-c2nc3c(=O)[nH]c(=O)n(C)c3nc2Cl)cc1OC. The zero-order valence-corrected chi connectivity index (χ0v) is 13.8. The lowest BCUT2D eigenvalue weighted by Crippen LogP contribution is -2.29. The molecule has 124 valence electrons. The summed E-state index contributed by atoms with van der Waals surface area (Å²) >= 11 is 6.21. The van der Waals surface area contributed by atoms with Crippen molar-refractivity contribution in [2.45, 2.75) is 0 Å². The van der Waals surface area contributed by atoms with E-state index in [1.54, 1.807) is 18.2 Å². The molecule has 2 aromatic heterocycles. The van der Waals surface area contributed by atoms with E-state index in [2.05, 4.69) is 15.0 Å². The van der Waals surface area contributed by atoms with E-state index < -0.39 is 11.2 Å². The Labute approximate surface area is 140 Å². The summed E-state index contributed by atoms with van der Waals surface area (Å²) in [7, 11) is 4.51. The molecule has 0 aliphatic carbocycles. The molecule has 0 unspecified atom stereocenters. The maximum atomic E-state index is 12.0. The average molecular weight is 349 g/mol. The van der Waals surface area contributed by atoms with Gasteiger partial charge in [0.1, 0.15) is 5.69 Å². The molecule has 0 spiro atoms. The first-order valence-electron chi connectivity index (χ1n) is 6.85. The molecule has 1 aromatic carbocycles. The quantitative estimate of drug-likeness (QED) is 0.767. The number of hydrogen-bond acceptors (Lipinski definition) is 6. The molecular weight excluding hydrogens is 336 g/mol. The summed E-state index contributed by atoms with van der Waals surface area (Å²) < 4.78 is 11.6. The summed E-state index contributed by atoms with van der Waals surface area (Å²) in [5, 5.41) is 0.0651. The number of fused-ring (bicyclic) bond motifs is 1. The standard InChI is InChI=1S/C15H13ClN4O4/c1-20-13-11(14(21)19-15(20)22)17-10(12(16)18-13)7-4-5-8(23-2)9(6-7)24-3/h4-6H,1-3H3,(H,19,21,22).